The number of hydrogen-bond acceptors (Lipinski definition) is 6. The predicted molar refractivity (Wildman–Crippen MR) is 116 cm³/mol. The molecule has 1 aliphatic heterocycles. The van der Waals surface area contributed by atoms with E-state index in [1.807, 2.05) is 30.3 Å². The quantitative estimate of drug-likeness (QED) is 0.474. The van der Waals surface area contributed by atoms with Gasteiger partial charge in [-0.25, -0.2) is 4.98 Å². The minimum Gasteiger partial charge on any atom is -0.300 e. The monoisotopic (exact) mass is 433 g/mol. The summed E-state index contributed by atoms with van der Waals surface area (Å²) in [6, 6.07) is 14.6. The number of Topliss-reactive ketones (excluding diaryl/α,β-unsaturated/α-hetero) is 1. The Morgan fingerprint density at radius 2 is 1.58 bits per heavy atom. The first-order valence-corrected chi connectivity index (χ1v) is 10.5. The zero-order chi connectivity index (χ0) is 22.1. The van der Waals surface area contributed by atoms with Gasteiger partial charge in [-0.3, -0.25) is 24.1 Å². The largest absolute Gasteiger partial charge is 0.300 e. The average Bonchev–Trinajstić information content (AvgIpc) is 3.24. The molecule has 0 aliphatic carbocycles. The number of thiazole rings is 1. The predicted octanol–water partition coefficient (Wildman–Crippen LogP) is 3.50. The van der Waals surface area contributed by atoms with Gasteiger partial charge in [0.1, 0.15) is 6.04 Å². The molecule has 1 N–H and O–H groups in total. The van der Waals surface area contributed by atoms with Gasteiger partial charge in [0.25, 0.3) is 11.8 Å². The Balaban J connectivity index is 1.67. The number of carbonyl (C=O) groups is 4. The number of carbonyl (C=O) groups excluding carboxylic acids is 4. The van der Waals surface area contributed by atoms with Crippen LogP contribution in [0.2, 0.25) is 0 Å². The zero-order valence-electron chi connectivity index (χ0n) is 16.9. The molecule has 0 saturated carbocycles. The minimum atomic E-state index is -1.07. The van der Waals surface area contributed by atoms with Gasteiger partial charge in [-0.1, -0.05) is 53.8 Å². The summed E-state index contributed by atoms with van der Waals surface area (Å²) in [6.07, 6.45) is 0.155. The molecule has 156 valence electrons. The van der Waals surface area contributed by atoms with Crippen LogP contribution in [0.4, 0.5) is 5.13 Å². The number of nitrogens with zero attached hydrogens (tertiary/aromatic N) is 2. The van der Waals surface area contributed by atoms with Gasteiger partial charge in [0, 0.05) is 13.3 Å². The Bertz CT molecular complexity index is 1170. The number of hydrogen-bond donors (Lipinski definition) is 1. The van der Waals surface area contributed by atoms with Crippen molar-refractivity contribution >= 4 is 40.0 Å². The molecule has 3 aromatic rings. The third-order valence-corrected chi connectivity index (χ3v) is 6.23. The van der Waals surface area contributed by atoms with E-state index in [1.54, 1.807) is 31.2 Å². The first-order valence-electron chi connectivity index (χ1n) is 9.67. The Morgan fingerprint density at radius 1 is 1.00 bits per heavy atom. The molecular formula is C23H19N3O4S. The number of fused-ring (bicyclic) bond motifs is 1. The van der Waals surface area contributed by atoms with Gasteiger partial charge in [0.15, 0.2) is 10.9 Å². The van der Waals surface area contributed by atoms with Crippen molar-refractivity contribution in [3.8, 4) is 0 Å². The van der Waals surface area contributed by atoms with Crippen LogP contribution < -0.4 is 5.32 Å². The number of amides is 3. The maximum absolute atomic E-state index is 13.3. The van der Waals surface area contributed by atoms with Crippen molar-refractivity contribution in [3.05, 3.63) is 81.9 Å². The minimum absolute atomic E-state index is 0.142. The molecule has 1 atom stereocenters. The number of aryl methyl sites for hydroxylation is 1. The Hall–Kier alpha value is -3.65. The third-order valence-electron chi connectivity index (χ3n) is 5.06. The standard InChI is InChI=1S/C23H19N3O4S/c1-13-19(14(2)27)31-23(24-13)25-20(28)18(12-15-8-4-3-5-9-15)26-21(29)16-10-6-7-11-17(16)22(26)30/h3-11,18H,12H2,1-2H3,(H,24,25,28)/t18-/m0/s1. The second-order valence-electron chi connectivity index (χ2n) is 7.21. The molecule has 2 heterocycles. The molecule has 0 fully saturated rings. The van der Waals surface area contributed by atoms with Crippen LogP contribution in [0.5, 0.6) is 0 Å². The maximum atomic E-state index is 13.3. The van der Waals surface area contributed by atoms with Crippen molar-refractivity contribution in [1.29, 1.82) is 0 Å². The van der Waals surface area contributed by atoms with Gasteiger partial charge in [-0.15, -0.1) is 0 Å². The van der Waals surface area contributed by atoms with E-state index < -0.39 is 23.8 Å². The van der Waals surface area contributed by atoms with Gasteiger partial charge in [-0.2, -0.15) is 0 Å². The summed E-state index contributed by atoms with van der Waals surface area (Å²) < 4.78 is 0. The molecule has 7 nitrogen and oxygen atoms in total. The molecule has 0 unspecified atom stereocenters. The lowest BCUT2D eigenvalue weighted by molar-refractivity contribution is -0.119. The Morgan fingerprint density at radius 3 is 2.13 bits per heavy atom. The summed E-state index contributed by atoms with van der Waals surface area (Å²) in [5, 5.41) is 2.95. The van der Waals surface area contributed by atoms with Crippen molar-refractivity contribution in [2.75, 3.05) is 5.32 Å². The number of ketones is 1. The van der Waals surface area contributed by atoms with Gasteiger partial charge >= 0.3 is 0 Å². The molecule has 0 radical (unpaired) electrons. The maximum Gasteiger partial charge on any atom is 0.262 e. The van der Waals surface area contributed by atoms with Crippen LogP contribution in [-0.2, 0) is 11.2 Å². The van der Waals surface area contributed by atoms with Crippen LogP contribution in [0.15, 0.2) is 54.6 Å². The summed E-state index contributed by atoms with van der Waals surface area (Å²) in [4.78, 5) is 56.7. The smallest absolute Gasteiger partial charge is 0.262 e. The third kappa shape index (κ3) is 3.89. The highest BCUT2D eigenvalue weighted by Crippen LogP contribution is 2.28. The van der Waals surface area contributed by atoms with E-state index in [1.165, 1.54) is 6.92 Å². The van der Waals surface area contributed by atoms with E-state index in [2.05, 4.69) is 10.3 Å². The topological polar surface area (TPSA) is 96.4 Å². The van der Waals surface area contributed by atoms with Crippen LogP contribution in [-0.4, -0.2) is 39.4 Å². The molecule has 4 rings (SSSR count). The van der Waals surface area contributed by atoms with E-state index >= 15 is 0 Å². The highest BCUT2D eigenvalue weighted by Gasteiger charge is 2.42. The van der Waals surface area contributed by atoms with Gasteiger partial charge in [-0.05, 0) is 24.6 Å². The Labute approximate surface area is 182 Å². The summed E-state index contributed by atoms with van der Waals surface area (Å²) in [6.45, 7) is 3.12. The number of aromatic nitrogens is 1. The zero-order valence-corrected chi connectivity index (χ0v) is 17.7. The lowest BCUT2D eigenvalue weighted by Gasteiger charge is -2.25. The fraction of sp³-hybridized carbons (Fsp3) is 0.174. The van der Waals surface area contributed by atoms with Gasteiger partial charge in [0.2, 0.25) is 5.91 Å². The summed E-state index contributed by atoms with van der Waals surface area (Å²) in [7, 11) is 0. The first-order chi connectivity index (χ1) is 14.9. The van der Waals surface area contributed by atoms with Gasteiger partial charge < -0.3 is 5.32 Å². The molecule has 2 aromatic carbocycles. The molecule has 1 aliphatic rings. The van der Waals surface area contributed by atoms with Crippen molar-refractivity contribution in [2.45, 2.75) is 26.3 Å². The summed E-state index contributed by atoms with van der Waals surface area (Å²) >= 11 is 1.07. The Kier molecular flexibility index (Phi) is 5.48. The highest BCUT2D eigenvalue weighted by molar-refractivity contribution is 7.17. The molecule has 1 aromatic heterocycles. The molecule has 31 heavy (non-hydrogen) atoms. The van der Waals surface area contributed by atoms with Gasteiger partial charge in [0.05, 0.1) is 21.7 Å². The SMILES string of the molecule is CC(=O)c1sc(NC(=O)[C@H](Cc2ccccc2)N2C(=O)c3ccccc3C2=O)nc1C. The fourth-order valence-electron chi connectivity index (χ4n) is 3.59. The second kappa shape index (κ2) is 8.23. The number of anilines is 1. The number of benzene rings is 2. The van der Waals surface area contributed by atoms with Crippen molar-refractivity contribution in [2.24, 2.45) is 0 Å². The van der Waals surface area contributed by atoms with Crippen LogP contribution >= 0.6 is 11.3 Å². The first kappa shape index (κ1) is 20.6. The van der Waals surface area contributed by atoms with E-state index in [4.69, 9.17) is 0 Å². The van der Waals surface area contributed by atoms with Crippen LogP contribution in [0, 0.1) is 6.92 Å². The van der Waals surface area contributed by atoms with E-state index in [0.29, 0.717) is 10.6 Å². The molecular weight excluding hydrogens is 414 g/mol. The van der Waals surface area contributed by atoms with Crippen molar-refractivity contribution in [1.82, 2.24) is 9.88 Å². The molecule has 8 heteroatoms. The van der Waals surface area contributed by atoms with Crippen molar-refractivity contribution in [3.63, 3.8) is 0 Å². The number of imide groups is 1. The fourth-order valence-corrected chi connectivity index (χ4v) is 4.46. The second-order valence-corrected chi connectivity index (χ2v) is 8.21. The lowest BCUT2D eigenvalue weighted by atomic mass is 10.0. The highest BCUT2D eigenvalue weighted by atomic mass is 32.1. The summed E-state index contributed by atoms with van der Waals surface area (Å²) in [5.74, 6) is -1.69. The number of nitrogens with one attached hydrogen (secondary N) is 1. The number of rotatable bonds is 6. The molecule has 3 amide bonds. The molecule has 0 bridgehead atoms. The van der Waals surface area contributed by atoms with E-state index in [9.17, 15) is 19.2 Å². The van der Waals surface area contributed by atoms with Crippen molar-refractivity contribution < 1.29 is 19.2 Å². The van der Waals surface area contributed by atoms with Crippen LogP contribution in [0.3, 0.4) is 0 Å². The molecule has 0 spiro atoms. The normalized spacial score (nSPS) is 13.8. The molecule has 0 saturated heterocycles. The van der Waals surface area contributed by atoms with E-state index in [0.717, 1.165) is 21.8 Å². The summed E-state index contributed by atoms with van der Waals surface area (Å²) in [5.41, 5.74) is 1.89. The van der Waals surface area contributed by atoms with Crippen LogP contribution in [0.1, 0.15) is 48.6 Å². The van der Waals surface area contributed by atoms with Crippen LogP contribution in [0.25, 0.3) is 0 Å². The lowest BCUT2D eigenvalue weighted by Crippen LogP contribution is -2.48. The van der Waals surface area contributed by atoms with E-state index in [-0.39, 0.29) is 28.5 Å². The average molecular weight is 433 g/mol.